The van der Waals surface area contributed by atoms with E-state index in [0.29, 0.717) is 23.7 Å². The minimum atomic E-state index is -0.134. The second-order valence-corrected chi connectivity index (χ2v) is 6.37. The van der Waals surface area contributed by atoms with Gasteiger partial charge < -0.3 is 10.2 Å². The highest BCUT2D eigenvalue weighted by Gasteiger charge is 2.22. The number of aromatic nitrogens is 1. The maximum Gasteiger partial charge on any atom is 0.272 e. The van der Waals surface area contributed by atoms with E-state index in [1.807, 2.05) is 4.90 Å². The maximum absolute atomic E-state index is 12.5. The van der Waals surface area contributed by atoms with Gasteiger partial charge in [-0.3, -0.25) is 14.6 Å². The van der Waals surface area contributed by atoms with E-state index in [1.165, 1.54) is 0 Å². The van der Waals surface area contributed by atoms with Crippen molar-refractivity contribution in [2.24, 2.45) is 5.92 Å². The second kappa shape index (κ2) is 8.65. The fourth-order valence-corrected chi connectivity index (χ4v) is 2.74. The minimum Gasteiger partial charge on any atom is -0.352 e. The number of hydrogen-bond donors (Lipinski definition) is 1. The van der Waals surface area contributed by atoms with Crippen LogP contribution in [0.5, 0.6) is 0 Å². The van der Waals surface area contributed by atoms with Gasteiger partial charge >= 0.3 is 0 Å². The fraction of sp³-hybridized carbons (Fsp3) is 0.611. The summed E-state index contributed by atoms with van der Waals surface area (Å²) in [6.07, 6.45) is 6.81. The van der Waals surface area contributed by atoms with E-state index in [4.69, 9.17) is 0 Å². The summed E-state index contributed by atoms with van der Waals surface area (Å²) in [5.74, 6) is 0.467. The molecule has 2 heterocycles. The molecule has 0 unspecified atom stereocenters. The first-order chi connectivity index (χ1) is 11.1. The number of nitrogens with zero attached hydrogens (tertiary/aromatic N) is 2. The number of piperidine rings is 1. The highest BCUT2D eigenvalue weighted by Crippen LogP contribution is 2.17. The van der Waals surface area contributed by atoms with E-state index >= 15 is 0 Å². The summed E-state index contributed by atoms with van der Waals surface area (Å²) in [5.41, 5.74) is 0.867. The van der Waals surface area contributed by atoms with E-state index in [1.54, 1.807) is 18.3 Å². The maximum atomic E-state index is 12.5. The minimum absolute atomic E-state index is 0.0717. The quantitative estimate of drug-likeness (QED) is 0.821. The predicted octanol–water partition coefficient (Wildman–Crippen LogP) is 2.87. The van der Waals surface area contributed by atoms with Gasteiger partial charge in [0.05, 0.1) is 0 Å². The molecule has 1 aliphatic heterocycles. The molecule has 0 bridgehead atoms. The summed E-state index contributed by atoms with van der Waals surface area (Å²) in [4.78, 5) is 30.6. The zero-order valence-corrected chi connectivity index (χ0v) is 14.2. The van der Waals surface area contributed by atoms with Crippen molar-refractivity contribution >= 4 is 11.8 Å². The van der Waals surface area contributed by atoms with Gasteiger partial charge in [0, 0.05) is 31.4 Å². The third-order valence-electron chi connectivity index (χ3n) is 4.38. The van der Waals surface area contributed by atoms with Crippen LogP contribution in [0.25, 0.3) is 0 Å². The number of hydrogen-bond acceptors (Lipinski definition) is 3. The first-order valence-electron chi connectivity index (χ1n) is 8.65. The van der Waals surface area contributed by atoms with Crippen LogP contribution in [0.1, 0.15) is 66.8 Å². The molecular formula is C18H27N3O2. The van der Waals surface area contributed by atoms with Gasteiger partial charge in [0.2, 0.25) is 0 Å². The summed E-state index contributed by atoms with van der Waals surface area (Å²) in [7, 11) is 0. The fourth-order valence-electron chi connectivity index (χ4n) is 2.74. The lowest BCUT2D eigenvalue weighted by Gasteiger charge is -2.30. The van der Waals surface area contributed by atoms with E-state index in [0.717, 1.165) is 45.2 Å². The lowest BCUT2D eigenvalue weighted by atomic mass is 9.99. The molecule has 126 valence electrons. The molecule has 0 aliphatic carbocycles. The van der Waals surface area contributed by atoms with Crippen molar-refractivity contribution < 1.29 is 9.59 Å². The van der Waals surface area contributed by atoms with Gasteiger partial charge in [-0.15, -0.1) is 0 Å². The molecule has 5 nitrogen and oxygen atoms in total. The summed E-state index contributed by atoms with van der Waals surface area (Å²) in [6.45, 7) is 6.56. The Labute approximate surface area is 138 Å². The molecule has 2 rings (SSSR count). The van der Waals surface area contributed by atoms with Gasteiger partial charge in [0.15, 0.2) is 0 Å². The number of unbranched alkanes of at least 4 members (excludes halogenated alkanes) is 2. The van der Waals surface area contributed by atoms with Crippen LogP contribution in [0.15, 0.2) is 18.3 Å². The second-order valence-electron chi connectivity index (χ2n) is 6.37. The van der Waals surface area contributed by atoms with E-state index in [9.17, 15) is 9.59 Å². The molecule has 0 aromatic carbocycles. The summed E-state index contributed by atoms with van der Waals surface area (Å²) in [6, 6.07) is 3.26. The van der Waals surface area contributed by atoms with Crippen LogP contribution in [0, 0.1) is 5.92 Å². The van der Waals surface area contributed by atoms with Gasteiger partial charge in [-0.1, -0.05) is 26.7 Å². The van der Waals surface area contributed by atoms with Crippen molar-refractivity contribution in [3.8, 4) is 0 Å². The Balaban J connectivity index is 1.96. The monoisotopic (exact) mass is 317 g/mol. The van der Waals surface area contributed by atoms with Crippen molar-refractivity contribution in [3.05, 3.63) is 29.6 Å². The largest absolute Gasteiger partial charge is 0.352 e. The average Bonchev–Trinajstić information content (AvgIpc) is 2.59. The van der Waals surface area contributed by atoms with Crippen LogP contribution < -0.4 is 5.32 Å². The summed E-state index contributed by atoms with van der Waals surface area (Å²) >= 11 is 0. The number of carbonyl (C=O) groups is 2. The van der Waals surface area contributed by atoms with Crippen LogP contribution >= 0.6 is 0 Å². The van der Waals surface area contributed by atoms with Crippen LogP contribution in [-0.4, -0.2) is 41.3 Å². The smallest absolute Gasteiger partial charge is 0.272 e. The molecule has 1 aromatic rings. The molecule has 0 spiro atoms. The first kappa shape index (κ1) is 17.4. The number of nitrogens with one attached hydrogen (secondary N) is 1. The zero-order valence-electron chi connectivity index (χ0n) is 14.2. The number of carbonyl (C=O) groups excluding carboxylic acids is 2. The molecule has 23 heavy (non-hydrogen) atoms. The van der Waals surface area contributed by atoms with Crippen molar-refractivity contribution in [3.63, 3.8) is 0 Å². The van der Waals surface area contributed by atoms with Crippen LogP contribution in [0.2, 0.25) is 0 Å². The van der Waals surface area contributed by atoms with Gasteiger partial charge in [0.25, 0.3) is 11.8 Å². The van der Waals surface area contributed by atoms with Crippen LogP contribution in [0.4, 0.5) is 0 Å². The molecule has 1 saturated heterocycles. The van der Waals surface area contributed by atoms with Crippen molar-refractivity contribution in [2.75, 3.05) is 19.6 Å². The number of rotatable bonds is 6. The SMILES string of the molecule is CCCCCNC(=O)c1ccnc(C(=O)N2CCC(C)CC2)c1. The molecule has 1 N–H and O–H groups in total. The molecule has 1 aromatic heterocycles. The third kappa shape index (κ3) is 5.05. The normalized spacial score (nSPS) is 15.5. The molecule has 1 fully saturated rings. The van der Waals surface area contributed by atoms with Crippen LogP contribution in [-0.2, 0) is 0 Å². The van der Waals surface area contributed by atoms with Gasteiger partial charge in [-0.2, -0.15) is 0 Å². The lowest BCUT2D eigenvalue weighted by molar-refractivity contribution is 0.0691. The van der Waals surface area contributed by atoms with E-state index in [2.05, 4.69) is 24.1 Å². The Morgan fingerprint density at radius 3 is 2.74 bits per heavy atom. The van der Waals surface area contributed by atoms with E-state index < -0.39 is 0 Å². The first-order valence-corrected chi connectivity index (χ1v) is 8.65. The molecule has 1 aliphatic rings. The van der Waals surface area contributed by atoms with Gasteiger partial charge in [-0.05, 0) is 37.3 Å². The highest BCUT2D eigenvalue weighted by molar-refractivity contribution is 5.98. The third-order valence-corrected chi connectivity index (χ3v) is 4.38. The van der Waals surface area contributed by atoms with Crippen molar-refractivity contribution in [1.29, 1.82) is 0 Å². The number of likely N-dealkylation sites (tertiary alicyclic amines) is 1. The molecule has 2 amide bonds. The Morgan fingerprint density at radius 2 is 2.04 bits per heavy atom. The highest BCUT2D eigenvalue weighted by atomic mass is 16.2. The summed E-state index contributed by atoms with van der Waals surface area (Å²) < 4.78 is 0. The Kier molecular flexibility index (Phi) is 6.56. The predicted molar refractivity (Wildman–Crippen MR) is 90.4 cm³/mol. The molecule has 5 heteroatoms. The van der Waals surface area contributed by atoms with Crippen molar-refractivity contribution in [2.45, 2.75) is 46.0 Å². The Bertz CT molecular complexity index is 537. The summed E-state index contributed by atoms with van der Waals surface area (Å²) in [5, 5.41) is 2.89. The van der Waals surface area contributed by atoms with Gasteiger partial charge in [-0.25, -0.2) is 0 Å². The lowest BCUT2D eigenvalue weighted by Crippen LogP contribution is -2.38. The Hall–Kier alpha value is -1.91. The standard InChI is InChI=1S/C18H27N3O2/c1-3-4-5-9-20-17(22)15-6-10-19-16(13-15)18(23)21-11-7-14(2)8-12-21/h6,10,13-14H,3-5,7-9,11-12H2,1-2H3,(H,20,22). The number of amides is 2. The average molecular weight is 317 g/mol. The zero-order chi connectivity index (χ0) is 16.7. The van der Waals surface area contributed by atoms with Crippen molar-refractivity contribution in [1.82, 2.24) is 15.2 Å². The van der Waals surface area contributed by atoms with Gasteiger partial charge in [0.1, 0.15) is 5.69 Å². The molecule has 0 saturated carbocycles. The van der Waals surface area contributed by atoms with Crippen LogP contribution in [0.3, 0.4) is 0 Å². The van der Waals surface area contributed by atoms with E-state index in [-0.39, 0.29) is 11.8 Å². The molecule has 0 atom stereocenters. The number of pyridine rings is 1. The topological polar surface area (TPSA) is 62.3 Å². The molecular weight excluding hydrogens is 290 g/mol. The molecule has 0 radical (unpaired) electrons. The Morgan fingerprint density at radius 1 is 1.30 bits per heavy atom.